The smallest absolute Gasteiger partial charge is 0.410 e. The van der Waals surface area contributed by atoms with Crippen LogP contribution in [0.2, 0.25) is 0 Å². The van der Waals surface area contributed by atoms with Crippen molar-refractivity contribution in [2.45, 2.75) is 71.2 Å². The molecule has 1 unspecified atom stereocenters. The monoisotopic (exact) mass is 463 g/mol. The number of nitrogens with zero attached hydrogens (tertiary/aromatic N) is 1. The first-order valence-electron chi connectivity index (χ1n) is 11.6. The summed E-state index contributed by atoms with van der Waals surface area (Å²) in [4.78, 5) is 25.5. The largest absolute Gasteiger partial charge is 0.508 e. The molecule has 1 aliphatic carbocycles. The molecule has 8 nitrogen and oxygen atoms in total. The average Bonchev–Trinajstić information content (AvgIpc) is 2.67. The maximum Gasteiger partial charge on any atom is 0.410 e. The maximum absolute atomic E-state index is 12.1. The summed E-state index contributed by atoms with van der Waals surface area (Å²) in [7, 11) is 1.27. The zero-order valence-electron chi connectivity index (χ0n) is 20.2. The third kappa shape index (κ3) is 5.79. The Balaban J connectivity index is 1.44. The first kappa shape index (κ1) is 25.3. The van der Waals surface area contributed by atoms with Gasteiger partial charge in [0.05, 0.1) is 25.2 Å². The van der Waals surface area contributed by atoms with Crippen LogP contribution in [-0.4, -0.2) is 64.2 Å². The fourth-order valence-electron chi connectivity index (χ4n) is 4.92. The molecule has 0 aromatic heterocycles. The van der Waals surface area contributed by atoms with E-state index in [0.29, 0.717) is 37.1 Å². The second-order valence-corrected chi connectivity index (χ2v) is 10.8. The summed E-state index contributed by atoms with van der Waals surface area (Å²) in [5, 5.41) is 31.3. The van der Waals surface area contributed by atoms with Crippen LogP contribution < -0.4 is 0 Å². The van der Waals surface area contributed by atoms with Crippen LogP contribution in [0.5, 0.6) is 5.75 Å². The van der Waals surface area contributed by atoms with Crippen molar-refractivity contribution < 1.29 is 34.4 Å². The molecule has 8 heteroatoms. The summed E-state index contributed by atoms with van der Waals surface area (Å²) in [6, 6.07) is 4.87. The quantitative estimate of drug-likeness (QED) is 0.532. The lowest BCUT2D eigenvalue weighted by Gasteiger charge is -2.59. The van der Waals surface area contributed by atoms with Gasteiger partial charge >= 0.3 is 12.1 Å². The van der Waals surface area contributed by atoms with E-state index in [1.807, 2.05) is 20.8 Å². The van der Waals surface area contributed by atoms with Crippen LogP contribution in [0, 0.1) is 17.3 Å². The molecular weight excluding hydrogens is 426 g/mol. The first-order valence-corrected chi connectivity index (χ1v) is 11.6. The van der Waals surface area contributed by atoms with Gasteiger partial charge in [-0.2, -0.15) is 0 Å². The number of hydrogen-bond donors (Lipinski definition) is 3. The summed E-state index contributed by atoms with van der Waals surface area (Å²) in [5.74, 6) is -1.04. The van der Waals surface area contributed by atoms with Gasteiger partial charge in [0.25, 0.3) is 0 Å². The number of carbonyl (C=O) groups is 2. The fraction of sp³-hybridized carbons (Fsp3) is 0.680. The van der Waals surface area contributed by atoms with E-state index < -0.39 is 29.7 Å². The molecule has 1 heterocycles. The normalized spacial score (nSPS) is 20.4. The van der Waals surface area contributed by atoms with Gasteiger partial charge in [-0.15, -0.1) is 0 Å². The molecule has 1 saturated carbocycles. The van der Waals surface area contributed by atoms with Crippen molar-refractivity contribution in [2.75, 3.05) is 20.2 Å². The minimum atomic E-state index is -1.07. The number of ether oxygens (including phenoxy) is 2. The number of methoxy groups -OCH3 is 1. The predicted octanol–water partition coefficient (Wildman–Crippen LogP) is 3.18. The van der Waals surface area contributed by atoms with Crippen molar-refractivity contribution in [1.82, 2.24) is 4.90 Å². The molecule has 2 aliphatic rings. The minimum absolute atomic E-state index is 0.0351. The van der Waals surface area contributed by atoms with Crippen LogP contribution in [0.1, 0.15) is 64.2 Å². The van der Waals surface area contributed by atoms with Crippen LogP contribution in [0.15, 0.2) is 18.2 Å². The number of amides is 1. The van der Waals surface area contributed by atoms with E-state index in [2.05, 4.69) is 4.74 Å². The number of rotatable bonds is 7. The number of phenols is 1. The molecule has 33 heavy (non-hydrogen) atoms. The fourth-order valence-corrected chi connectivity index (χ4v) is 4.92. The second-order valence-electron chi connectivity index (χ2n) is 10.8. The van der Waals surface area contributed by atoms with Crippen molar-refractivity contribution in [1.29, 1.82) is 0 Å². The standard InChI is InChI=1S/C25H37NO7/c1-15(22(30)32-5)21(29)17-7-6-16(20(28)10-17)8-9-19(27)18-11-25(12-18)13-26(14-25)23(31)33-24(2,3)4/h6-7,10,15,18-19,21,27-29H,8-9,11-14H2,1-5H3/t15-,19?,21+/m0/s1. The predicted molar refractivity (Wildman–Crippen MR) is 122 cm³/mol. The summed E-state index contributed by atoms with van der Waals surface area (Å²) in [6.45, 7) is 8.49. The van der Waals surface area contributed by atoms with Gasteiger partial charge < -0.3 is 29.7 Å². The van der Waals surface area contributed by atoms with Gasteiger partial charge in [0.2, 0.25) is 0 Å². The molecular formula is C25H37NO7. The van der Waals surface area contributed by atoms with Gasteiger partial charge in [0.1, 0.15) is 11.4 Å². The number of hydrogen-bond acceptors (Lipinski definition) is 7. The summed E-state index contributed by atoms with van der Waals surface area (Å²) >= 11 is 0. The van der Waals surface area contributed by atoms with Gasteiger partial charge in [-0.3, -0.25) is 4.79 Å². The number of aliphatic hydroxyl groups excluding tert-OH is 2. The molecule has 0 radical (unpaired) electrons. The molecule has 1 aromatic carbocycles. The van der Waals surface area contributed by atoms with E-state index in [1.54, 1.807) is 24.0 Å². The number of benzene rings is 1. The maximum atomic E-state index is 12.1. The van der Waals surface area contributed by atoms with Crippen molar-refractivity contribution >= 4 is 12.1 Å². The molecule has 1 spiro atoms. The van der Waals surface area contributed by atoms with Crippen LogP contribution in [0.25, 0.3) is 0 Å². The van der Waals surface area contributed by atoms with E-state index in [4.69, 9.17) is 4.74 Å². The Morgan fingerprint density at radius 3 is 2.39 bits per heavy atom. The minimum Gasteiger partial charge on any atom is -0.508 e. The highest BCUT2D eigenvalue weighted by Gasteiger charge is 2.55. The van der Waals surface area contributed by atoms with Crippen molar-refractivity contribution in [3.8, 4) is 5.75 Å². The Morgan fingerprint density at radius 1 is 1.21 bits per heavy atom. The molecule has 3 atom stereocenters. The molecule has 0 bridgehead atoms. The average molecular weight is 464 g/mol. The third-order valence-corrected chi connectivity index (χ3v) is 6.85. The number of esters is 1. The SMILES string of the molecule is COC(=O)[C@@H](C)[C@@H](O)c1ccc(CCC(O)C2CC3(C2)CN(C(=O)OC(C)(C)C)C3)c(O)c1. The van der Waals surface area contributed by atoms with Gasteiger partial charge in [-0.25, -0.2) is 4.79 Å². The highest BCUT2D eigenvalue weighted by molar-refractivity contribution is 5.72. The topological polar surface area (TPSA) is 117 Å². The zero-order valence-corrected chi connectivity index (χ0v) is 20.2. The lowest BCUT2D eigenvalue weighted by Crippen LogP contribution is -2.65. The molecule has 1 amide bonds. The van der Waals surface area contributed by atoms with Crippen molar-refractivity contribution in [2.24, 2.45) is 17.3 Å². The Bertz CT molecular complexity index is 864. The van der Waals surface area contributed by atoms with E-state index in [-0.39, 0.29) is 23.2 Å². The zero-order chi connectivity index (χ0) is 24.6. The summed E-state index contributed by atoms with van der Waals surface area (Å²) < 4.78 is 10.1. The van der Waals surface area contributed by atoms with Gasteiger partial charge in [-0.1, -0.05) is 12.1 Å². The Kier molecular flexibility index (Phi) is 7.29. The first-order chi connectivity index (χ1) is 15.3. The molecule has 1 aliphatic heterocycles. The summed E-state index contributed by atoms with van der Waals surface area (Å²) in [6.07, 6.45) is 0.967. The van der Waals surface area contributed by atoms with Gasteiger partial charge in [0.15, 0.2) is 0 Å². The Morgan fingerprint density at radius 2 is 1.85 bits per heavy atom. The molecule has 2 fully saturated rings. The van der Waals surface area contributed by atoms with Crippen LogP contribution in [0.4, 0.5) is 4.79 Å². The van der Waals surface area contributed by atoms with Crippen LogP contribution >= 0.6 is 0 Å². The second kappa shape index (κ2) is 9.50. The molecule has 1 saturated heterocycles. The molecule has 184 valence electrons. The number of carbonyl (C=O) groups excluding carboxylic acids is 2. The lowest BCUT2D eigenvalue weighted by atomic mass is 9.56. The van der Waals surface area contributed by atoms with Crippen molar-refractivity contribution in [3.63, 3.8) is 0 Å². The highest BCUT2D eigenvalue weighted by Crippen LogP contribution is 2.53. The van der Waals surface area contributed by atoms with Crippen LogP contribution in [-0.2, 0) is 20.7 Å². The van der Waals surface area contributed by atoms with E-state index in [9.17, 15) is 24.9 Å². The molecule has 1 aromatic rings. The third-order valence-electron chi connectivity index (χ3n) is 6.85. The van der Waals surface area contributed by atoms with Crippen LogP contribution in [0.3, 0.4) is 0 Å². The van der Waals surface area contributed by atoms with Crippen molar-refractivity contribution in [3.05, 3.63) is 29.3 Å². The number of likely N-dealkylation sites (tertiary alicyclic amines) is 1. The number of aliphatic hydroxyl groups is 2. The Labute approximate surface area is 195 Å². The lowest BCUT2D eigenvalue weighted by molar-refractivity contribution is -0.148. The summed E-state index contributed by atoms with van der Waals surface area (Å²) in [5.41, 5.74) is 0.734. The highest BCUT2D eigenvalue weighted by atomic mass is 16.6. The van der Waals surface area contributed by atoms with E-state index in [1.165, 1.54) is 13.2 Å². The number of phenolic OH excluding ortho intramolecular Hbond substituents is 1. The van der Waals surface area contributed by atoms with Gasteiger partial charge in [0, 0.05) is 18.5 Å². The molecule has 3 N–H and O–H groups in total. The molecule has 3 rings (SSSR count). The van der Waals surface area contributed by atoms with E-state index >= 15 is 0 Å². The number of aromatic hydroxyl groups is 1. The van der Waals surface area contributed by atoms with Gasteiger partial charge in [-0.05, 0) is 76.5 Å². The van der Waals surface area contributed by atoms with E-state index in [0.717, 1.165) is 12.8 Å². The number of aryl methyl sites for hydroxylation is 1. The Hall–Kier alpha value is -2.32.